The van der Waals surface area contributed by atoms with Gasteiger partial charge in [0.05, 0.1) is 11.5 Å². The molecule has 0 fully saturated rings. The molecule has 10 heteroatoms. The maximum atomic E-state index is 16.2. The Balaban J connectivity index is 1.72. The number of esters is 1. The zero-order valence-electron chi connectivity index (χ0n) is 24.6. The van der Waals surface area contributed by atoms with Crippen molar-refractivity contribution < 1.29 is 40.6 Å². The van der Waals surface area contributed by atoms with Crippen molar-refractivity contribution in [3.8, 4) is 11.3 Å². The molecule has 5 rings (SSSR count). The van der Waals surface area contributed by atoms with Crippen molar-refractivity contribution in [2.75, 3.05) is 0 Å². The third-order valence-corrected chi connectivity index (χ3v) is 9.20. The lowest BCUT2D eigenvalue weighted by molar-refractivity contribution is -0.768. The summed E-state index contributed by atoms with van der Waals surface area (Å²) >= 11 is 0. The topological polar surface area (TPSA) is 49.9 Å². The smallest absolute Gasteiger partial charge is 0.422 e. The van der Waals surface area contributed by atoms with Crippen LogP contribution in [0.15, 0.2) is 36.9 Å². The summed E-state index contributed by atoms with van der Waals surface area (Å²) in [4.78, 5) is 15.8. The van der Waals surface area contributed by atoms with Crippen LogP contribution < -0.4 is 9.13 Å². The maximum absolute atomic E-state index is 16.2. The Morgan fingerprint density at radius 1 is 1.12 bits per heavy atom. The van der Waals surface area contributed by atoms with Crippen LogP contribution in [0.3, 0.4) is 0 Å². The SMILES string of the molecule is CCC1(CC)C(C2C[n+]3c[nH]cc3C(=O)O2)c2cc(F)c(C(F)(F)F)c(F)c2-c2cc(CCC(C)CC(C)C)cc[n+]21. The van der Waals surface area contributed by atoms with Gasteiger partial charge in [-0.2, -0.15) is 17.7 Å². The number of aromatic nitrogens is 3. The van der Waals surface area contributed by atoms with Crippen molar-refractivity contribution in [1.29, 1.82) is 0 Å². The first kappa shape index (κ1) is 30.2. The highest BCUT2D eigenvalue weighted by molar-refractivity contribution is 5.86. The molecule has 42 heavy (non-hydrogen) atoms. The second-order valence-electron chi connectivity index (χ2n) is 12.3. The highest BCUT2D eigenvalue weighted by atomic mass is 19.4. The molecule has 3 aromatic rings. The summed E-state index contributed by atoms with van der Waals surface area (Å²) in [6.07, 6.45) is 2.38. The lowest BCUT2D eigenvalue weighted by Crippen LogP contribution is -2.66. The molecule has 2 aliphatic heterocycles. The van der Waals surface area contributed by atoms with E-state index in [1.54, 1.807) is 17.0 Å². The second-order valence-corrected chi connectivity index (χ2v) is 12.3. The van der Waals surface area contributed by atoms with Crippen LogP contribution in [0.4, 0.5) is 22.0 Å². The number of imidazole rings is 1. The van der Waals surface area contributed by atoms with Crippen molar-refractivity contribution in [1.82, 2.24) is 4.98 Å². The molecule has 1 aromatic carbocycles. The Hall–Kier alpha value is -3.30. The van der Waals surface area contributed by atoms with Crippen LogP contribution in [-0.4, -0.2) is 17.1 Å². The summed E-state index contributed by atoms with van der Waals surface area (Å²) in [6.45, 7) is 10.6. The molecule has 4 heterocycles. The van der Waals surface area contributed by atoms with Gasteiger partial charge in [-0.1, -0.05) is 34.6 Å². The first-order chi connectivity index (χ1) is 19.8. The predicted molar refractivity (Wildman–Crippen MR) is 145 cm³/mol. The number of nitrogens with one attached hydrogen (secondary N) is 1. The molecule has 0 saturated carbocycles. The standard InChI is InChI=1S/C32H37F5N3O2/c1-6-31(7-2)27(25-16-39-17-38-15-24(39)30(41)42-25)21-14-22(33)28(32(35,36)37)29(34)26(21)23-13-20(10-11-40(23)31)9-8-19(5)12-18(3)4/h10-11,13-15,17-19,25,27H,6-9,12,16H2,1-5H3/q+1/p+1. The Kier molecular flexibility index (Phi) is 7.96. The Labute approximate surface area is 242 Å². The van der Waals surface area contributed by atoms with Gasteiger partial charge in [-0.05, 0) is 48.3 Å². The third kappa shape index (κ3) is 5.00. The molecule has 2 aromatic heterocycles. The zero-order valence-corrected chi connectivity index (χ0v) is 24.6. The molecule has 3 atom stereocenters. The van der Waals surface area contributed by atoms with Gasteiger partial charge in [0.1, 0.15) is 24.1 Å². The van der Waals surface area contributed by atoms with E-state index in [1.807, 2.05) is 30.7 Å². The van der Waals surface area contributed by atoms with Gasteiger partial charge in [0.2, 0.25) is 12.0 Å². The van der Waals surface area contributed by atoms with Crippen LogP contribution >= 0.6 is 0 Å². The molecule has 5 nitrogen and oxygen atoms in total. The number of carbonyl (C=O) groups excluding carboxylic acids is 1. The molecule has 0 aliphatic carbocycles. The second kappa shape index (κ2) is 11.1. The molecule has 0 amide bonds. The van der Waals surface area contributed by atoms with Gasteiger partial charge in [-0.15, -0.1) is 0 Å². The number of aryl methyl sites for hydroxylation is 1. The Bertz CT molecular complexity index is 1490. The molecule has 226 valence electrons. The Morgan fingerprint density at radius 3 is 2.48 bits per heavy atom. The number of alkyl halides is 3. The summed E-state index contributed by atoms with van der Waals surface area (Å²) in [5.41, 5.74) is -1.49. The predicted octanol–water partition coefficient (Wildman–Crippen LogP) is 7.02. The Morgan fingerprint density at radius 2 is 1.83 bits per heavy atom. The average Bonchev–Trinajstić information content (AvgIpc) is 3.39. The summed E-state index contributed by atoms with van der Waals surface area (Å²) in [7, 11) is 0. The monoisotopic (exact) mass is 591 g/mol. The minimum Gasteiger partial charge on any atom is -0.451 e. The number of rotatable bonds is 8. The van der Waals surface area contributed by atoms with E-state index in [2.05, 4.69) is 25.8 Å². The number of aromatic amines is 1. The van der Waals surface area contributed by atoms with E-state index in [0.717, 1.165) is 24.5 Å². The van der Waals surface area contributed by atoms with E-state index in [-0.39, 0.29) is 23.4 Å². The molecule has 0 radical (unpaired) electrons. The number of fused-ring (bicyclic) bond motifs is 4. The fourth-order valence-corrected chi connectivity index (χ4v) is 7.32. The van der Waals surface area contributed by atoms with Gasteiger partial charge in [-0.25, -0.2) is 23.1 Å². The van der Waals surface area contributed by atoms with Gasteiger partial charge >= 0.3 is 12.1 Å². The van der Waals surface area contributed by atoms with Crippen LogP contribution in [0.1, 0.15) is 93.4 Å². The van der Waals surface area contributed by atoms with Gasteiger partial charge in [0.15, 0.2) is 23.7 Å². The number of halogens is 5. The normalized spacial score (nSPS) is 20.1. The first-order valence-electron chi connectivity index (χ1n) is 14.7. The molecule has 1 N–H and O–H groups in total. The zero-order chi connectivity index (χ0) is 30.6. The molecule has 0 saturated heterocycles. The highest BCUT2D eigenvalue weighted by Gasteiger charge is 2.58. The van der Waals surface area contributed by atoms with Crippen molar-refractivity contribution >= 4 is 5.97 Å². The minimum atomic E-state index is -5.23. The number of carbonyl (C=O) groups is 1. The van der Waals surface area contributed by atoms with Gasteiger partial charge in [0.25, 0.3) is 5.69 Å². The molecule has 0 bridgehead atoms. The van der Waals surface area contributed by atoms with Crippen molar-refractivity contribution in [3.63, 3.8) is 0 Å². The first-order valence-corrected chi connectivity index (χ1v) is 14.7. The molecule has 2 aliphatic rings. The summed E-state index contributed by atoms with van der Waals surface area (Å²) in [5.74, 6) is -3.76. The third-order valence-electron chi connectivity index (χ3n) is 9.20. The molecular weight excluding hydrogens is 553 g/mol. The number of hydrogen-bond acceptors (Lipinski definition) is 2. The fourth-order valence-electron chi connectivity index (χ4n) is 7.32. The van der Waals surface area contributed by atoms with Crippen molar-refractivity contribution in [2.45, 2.75) is 97.0 Å². The summed E-state index contributed by atoms with van der Waals surface area (Å²) < 4.78 is 82.8. The molecular formula is C32H38F5N3O2+2. The number of benzene rings is 1. The van der Waals surface area contributed by atoms with Crippen LogP contribution in [0.25, 0.3) is 11.3 Å². The van der Waals surface area contributed by atoms with Crippen LogP contribution in [0.5, 0.6) is 0 Å². The average molecular weight is 592 g/mol. The van der Waals surface area contributed by atoms with Crippen molar-refractivity contribution in [3.05, 3.63) is 70.9 Å². The van der Waals surface area contributed by atoms with E-state index >= 15 is 8.78 Å². The maximum Gasteiger partial charge on any atom is 0.422 e. The van der Waals surface area contributed by atoms with Gasteiger partial charge in [-0.3, -0.25) is 0 Å². The van der Waals surface area contributed by atoms with E-state index in [4.69, 9.17) is 4.74 Å². The number of ether oxygens (including phenoxy) is 1. The number of hydrogen-bond donors (Lipinski definition) is 1. The van der Waals surface area contributed by atoms with Crippen molar-refractivity contribution in [2.24, 2.45) is 11.8 Å². The lowest BCUT2D eigenvalue weighted by atomic mass is 9.67. The quantitative estimate of drug-likeness (QED) is 0.174. The summed E-state index contributed by atoms with van der Waals surface area (Å²) in [6, 6.07) is 4.51. The summed E-state index contributed by atoms with van der Waals surface area (Å²) in [5, 5.41) is 0. The minimum absolute atomic E-state index is 0.0874. The lowest BCUT2D eigenvalue weighted by Gasteiger charge is -2.43. The number of pyridine rings is 1. The molecule has 0 spiro atoms. The van der Waals surface area contributed by atoms with Crippen LogP contribution in [0, 0.1) is 23.5 Å². The van der Waals surface area contributed by atoms with Gasteiger partial charge in [0, 0.05) is 25.0 Å². The number of cyclic esters (lactones) is 1. The van der Waals surface area contributed by atoms with Gasteiger partial charge < -0.3 is 4.74 Å². The highest BCUT2D eigenvalue weighted by Crippen LogP contribution is 2.51. The van der Waals surface area contributed by atoms with Crippen LogP contribution in [0.2, 0.25) is 0 Å². The number of H-pyrrole nitrogens is 1. The van der Waals surface area contributed by atoms with E-state index in [1.165, 1.54) is 6.20 Å². The van der Waals surface area contributed by atoms with E-state index < -0.39 is 46.9 Å². The van der Waals surface area contributed by atoms with E-state index in [0.29, 0.717) is 36.8 Å². The fraction of sp³-hybridized carbons (Fsp3) is 0.531. The van der Waals surface area contributed by atoms with Crippen LogP contribution in [-0.2, 0) is 29.4 Å². The molecule has 3 unspecified atom stereocenters. The van der Waals surface area contributed by atoms with E-state index in [9.17, 15) is 18.0 Å². The largest absolute Gasteiger partial charge is 0.451 e. The number of nitrogens with zero attached hydrogens (tertiary/aromatic N) is 2.